The molecule has 1 aromatic heterocycles. The average molecular weight is 322 g/mol. The molecule has 3 aliphatic rings. The SMILES string of the molecule is O=C(Nc1ccc(-c2nc3c(F)cccc3o2)cc1)C12CC(C1)C2. The Morgan fingerprint density at radius 3 is 2.54 bits per heavy atom. The number of halogens is 1. The first kappa shape index (κ1) is 13.7. The fourth-order valence-corrected chi connectivity index (χ4v) is 3.75. The lowest BCUT2D eigenvalue weighted by atomic mass is 9.44. The second kappa shape index (κ2) is 4.66. The third kappa shape index (κ3) is 1.90. The number of hydrogen-bond acceptors (Lipinski definition) is 3. The molecule has 3 fully saturated rings. The Morgan fingerprint density at radius 2 is 1.92 bits per heavy atom. The quantitative estimate of drug-likeness (QED) is 0.779. The maximum absolute atomic E-state index is 13.7. The first-order chi connectivity index (χ1) is 11.6. The fraction of sp³-hybridized carbons (Fsp3) is 0.263. The molecule has 1 heterocycles. The smallest absolute Gasteiger partial charge is 0.230 e. The number of rotatable bonds is 3. The summed E-state index contributed by atoms with van der Waals surface area (Å²) in [6.45, 7) is 0. The summed E-state index contributed by atoms with van der Waals surface area (Å²) in [5.41, 5.74) is 2.06. The Bertz CT molecular complexity index is 944. The number of fused-ring (bicyclic) bond motifs is 1. The van der Waals surface area contributed by atoms with Gasteiger partial charge in [0.25, 0.3) is 0 Å². The van der Waals surface area contributed by atoms with Crippen LogP contribution >= 0.6 is 0 Å². The van der Waals surface area contributed by atoms with Crippen LogP contribution in [0.4, 0.5) is 10.1 Å². The summed E-state index contributed by atoms with van der Waals surface area (Å²) < 4.78 is 19.3. The van der Waals surface area contributed by atoms with Gasteiger partial charge in [-0.1, -0.05) is 6.07 Å². The number of nitrogens with zero attached hydrogens (tertiary/aromatic N) is 1. The van der Waals surface area contributed by atoms with Crippen LogP contribution in [-0.2, 0) is 4.79 Å². The number of carbonyl (C=O) groups is 1. The van der Waals surface area contributed by atoms with Crippen LogP contribution in [0.5, 0.6) is 0 Å². The number of amides is 1. The molecule has 6 rings (SSSR count). The van der Waals surface area contributed by atoms with E-state index in [4.69, 9.17) is 4.42 Å². The summed E-state index contributed by atoms with van der Waals surface area (Å²) >= 11 is 0. The average Bonchev–Trinajstić information content (AvgIpc) is 2.90. The van der Waals surface area contributed by atoms with Gasteiger partial charge in [-0.2, -0.15) is 0 Å². The van der Waals surface area contributed by atoms with Crippen molar-refractivity contribution < 1.29 is 13.6 Å². The van der Waals surface area contributed by atoms with Crippen molar-refractivity contribution >= 4 is 22.7 Å². The van der Waals surface area contributed by atoms with Gasteiger partial charge in [-0.25, -0.2) is 9.37 Å². The van der Waals surface area contributed by atoms with E-state index in [2.05, 4.69) is 10.3 Å². The minimum atomic E-state index is -0.398. The monoisotopic (exact) mass is 322 g/mol. The van der Waals surface area contributed by atoms with Gasteiger partial charge in [0.1, 0.15) is 5.52 Å². The summed E-state index contributed by atoms with van der Waals surface area (Å²) in [7, 11) is 0. The topological polar surface area (TPSA) is 55.1 Å². The maximum atomic E-state index is 13.7. The predicted molar refractivity (Wildman–Crippen MR) is 87.8 cm³/mol. The molecule has 2 bridgehead atoms. The van der Waals surface area contributed by atoms with E-state index < -0.39 is 5.82 Å². The molecule has 0 saturated heterocycles. The standard InChI is InChI=1S/C19H15FN2O2/c20-14-2-1-3-15-16(14)22-17(24-15)12-4-6-13(7-5-12)21-18(23)19-8-11(9-19)10-19/h1-7,11H,8-10H2,(H,21,23). The molecule has 0 aliphatic heterocycles. The van der Waals surface area contributed by atoms with Gasteiger partial charge in [-0.15, -0.1) is 0 Å². The Hall–Kier alpha value is -2.69. The lowest BCUT2D eigenvalue weighted by molar-refractivity contribution is -0.158. The van der Waals surface area contributed by atoms with Gasteiger partial charge >= 0.3 is 0 Å². The third-order valence-corrected chi connectivity index (χ3v) is 5.28. The van der Waals surface area contributed by atoms with Crippen LogP contribution in [0.25, 0.3) is 22.6 Å². The van der Waals surface area contributed by atoms with Crippen LogP contribution in [-0.4, -0.2) is 10.9 Å². The summed E-state index contributed by atoms with van der Waals surface area (Å²) in [6, 6.07) is 11.9. The number of aromatic nitrogens is 1. The molecule has 0 radical (unpaired) electrons. The summed E-state index contributed by atoms with van der Waals surface area (Å²) in [5, 5.41) is 2.99. The van der Waals surface area contributed by atoms with E-state index in [1.54, 1.807) is 12.1 Å². The van der Waals surface area contributed by atoms with Crippen molar-refractivity contribution in [1.82, 2.24) is 4.98 Å². The maximum Gasteiger partial charge on any atom is 0.230 e. The molecule has 24 heavy (non-hydrogen) atoms. The predicted octanol–water partition coefficient (Wildman–Crippen LogP) is 4.37. The van der Waals surface area contributed by atoms with Crippen molar-refractivity contribution in [3.05, 3.63) is 48.3 Å². The number of benzene rings is 2. The molecule has 3 aromatic rings. The highest BCUT2D eigenvalue weighted by Gasteiger charge is 2.61. The number of hydrogen-bond donors (Lipinski definition) is 1. The summed E-state index contributed by atoms with van der Waals surface area (Å²) in [5.74, 6) is 0.872. The number of nitrogens with one attached hydrogen (secondary N) is 1. The highest BCUT2D eigenvalue weighted by molar-refractivity contribution is 5.97. The van der Waals surface area contributed by atoms with Crippen molar-refractivity contribution in [1.29, 1.82) is 0 Å². The first-order valence-corrected chi connectivity index (χ1v) is 8.10. The zero-order valence-corrected chi connectivity index (χ0v) is 12.9. The Kier molecular flexibility index (Phi) is 2.66. The molecule has 1 amide bonds. The normalized spacial score (nSPS) is 24.3. The molecule has 120 valence electrons. The zero-order valence-electron chi connectivity index (χ0n) is 12.9. The van der Waals surface area contributed by atoms with Crippen molar-refractivity contribution in [3.63, 3.8) is 0 Å². The van der Waals surface area contributed by atoms with Crippen LogP contribution < -0.4 is 5.32 Å². The summed E-state index contributed by atoms with van der Waals surface area (Å²) in [4.78, 5) is 16.5. The molecule has 0 spiro atoms. The highest BCUT2D eigenvalue weighted by Crippen LogP contribution is 2.64. The molecule has 1 N–H and O–H groups in total. The largest absolute Gasteiger partial charge is 0.436 e. The second-order valence-electron chi connectivity index (χ2n) is 6.90. The number of carbonyl (C=O) groups excluding carboxylic acids is 1. The van der Waals surface area contributed by atoms with Gasteiger partial charge in [-0.3, -0.25) is 4.79 Å². The second-order valence-corrected chi connectivity index (χ2v) is 6.90. The molecular weight excluding hydrogens is 307 g/mol. The van der Waals surface area contributed by atoms with Gasteiger partial charge in [-0.05, 0) is 61.6 Å². The Balaban J connectivity index is 1.39. The molecular formula is C19H15FN2O2. The molecule has 2 aromatic carbocycles. The van der Waals surface area contributed by atoms with E-state index in [1.165, 1.54) is 6.07 Å². The molecule has 4 nitrogen and oxygen atoms in total. The lowest BCUT2D eigenvalue weighted by Gasteiger charge is -2.60. The zero-order chi connectivity index (χ0) is 16.3. The van der Waals surface area contributed by atoms with E-state index in [1.807, 2.05) is 24.3 Å². The van der Waals surface area contributed by atoms with E-state index in [-0.39, 0.29) is 16.8 Å². The third-order valence-electron chi connectivity index (χ3n) is 5.28. The van der Waals surface area contributed by atoms with E-state index in [0.717, 1.165) is 36.4 Å². The van der Waals surface area contributed by atoms with E-state index in [9.17, 15) is 9.18 Å². The minimum Gasteiger partial charge on any atom is -0.436 e. The number of para-hydroxylation sites is 1. The molecule has 3 aliphatic carbocycles. The fourth-order valence-electron chi connectivity index (χ4n) is 3.75. The van der Waals surface area contributed by atoms with Gasteiger partial charge in [0.15, 0.2) is 11.4 Å². The van der Waals surface area contributed by atoms with Gasteiger partial charge in [0, 0.05) is 11.3 Å². The van der Waals surface area contributed by atoms with Crippen molar-refractivity contribution in [2.75, 3.05) is 5.32 Å². The van der Waals surface area contributed by atoms with Crippen LogP contribution in [0, 0.1) is 17.2 Å². The van der Waals surface area contributed by atoms with Gasteiger partial charge < -0.3 is 9.73 Å². The van der Waals surface area contributed by atoms with Gasteiger partial charge in [0.05, 0.1) is 5.41 Å². The lowest BCUT2D eigenvalue weighted by Crippen LogP contribution is -2.58. The van der Waals surface area contributed by atoms with E-state index >= 15 is 0 Å². The van der Waals surface area contributed by atoms with Crippen LogP contribution in [0.1, 0.15) is 19.3 Å². The van der Waals surface area contributed by atoms with Crippen LogP contribution in [0.3, 0.4) is 0 Å². The Morgan fingerprint density at radius 1 is 1.17 bits per heavy atom. The molecule has 0 unspecified atom stereocenters. The Labute approximate surface area is 137 Å². The number of oxazole rings is 1. The van der Waals surface area contributed by atoms with Crippen molar-refractivity contribution in [2.24, 2.45) is 11.3 Å². The van der Waals surface area contributed by atoms with Crippen LogP contribution in [0.2, 0.25) is 0 Å². The molecule has 5 heteroatoms. The number of anilines is 1. The summed E-state index contributed by atoms with van der Waals surface area (Å²) in [6.07, 6.45) is 3.10. The first-order valence-electron chi connectivity index (χ1n) is 8.10. The highest BCUT2D eigenvalue weighted by atomic mass is 19.1. The minimum absolute atomic E-state index is 0.0961. The van der Waals surface area contributed by atoms with E-state index in [0.29, 0.717) is 11.5 Å². The van der Waals surface area contributed by atoms with Crippen LogP contribution in [0.15, 0.2) is 46.9 Å². The molecule has 0 atom stereocenters. The van der Waals surface area contributed by atoms with Gasteiger partial charge in [0.2, 0.25) is 11.8 Å². The van der Waals surface area contributed by atoms with Crippen molar-refractivity contribution in [3.8, 4) is 11.5 Å². The molecule has 3 saturated carbocycles. The van der Waals surface area contributed by atoms with Crippen molar-refractivity contribution in [2.45, 2.75) is 19.3 Å².